The van der Waals surface area contributed by atoms with Crippen molar-refractivity contribution in [3.05, 3.63) is 42.6 Å². The van der Waals surface area contributed by atoms with Crippen molar-refractivity contribution in [2.45, 2.75) is 18.9 Å². The molecule has 3 heterocycles. The van der Waals surface area contributed by atoms with Gasteiger partial charge < -0.3 is 9.88 Å². The van der Waals surface area contributed by atoms with Crippen LogP contribution in [0.15, 0.2) is 42.6 Å². The third kappa shape index (κ3) is 3.71. The number of aromatic amines is 1. The SMILES string of the molecule is CS(=O)(=O)NC1CCN(c2cc(-c3nc4ccccc4[nH]3)ccn2)CC1. The van der Waals surface area contributed by atoms with E-state index < -0.39 is 10.0 Å². The number of sulfonamides is 1. The van der Waals surface area contributed by atoms with Crippen LogP contribution < -0.4 is 9.62 Å². The van der Waals surface area contributed by atoms with Crippen LogP contribution in [0.25, 0.3) is 22.4 Å². The van der Waals surface area contributed by atoms with E-state index in [0.717, 1.165) is 54.2 Å². The fourth-order valence-corrected chi connectivity index (χ4v) is 4.20. The molecule has 1 fully saturated rings. The van der Waals surface area contributed by atoms with Crippen molar-refractivity contribution < 1.29 is 8.42 Å². The molecule has 0 atom stereocenters. The Morgan fingerprint density at radius 1 is 1.19 bits per heavy atom. The molecule has 136 valence electrons. The first kappa shape index (κ1) is 17.0. The summed E-state index contributed by atoms with van der Waals surface area (Å²) in [5.74, 6) is 1.71. The van der Waals surface area contributed by atoms with Crippen LogP contribution in [0.5, 0.6) is 0 Å². The first-order valence-corrected chi connectivity index (χ1v) is 10.5. The van der Waals surface area contributed by atoms with Gasteiger partial charge in [-0.25, -0.2) is 23.1 Å². The number of nitrogens with one attached hydrogen (secondary N) is 2. The zero-order valence-electron chi connectivity index (χ0n) is 14.5. The molecule has 7 nitrogen and oxygen atoms in total. The molecular weight excluding hydrogens is 350 g/mol. The van der Waals surface area contributed by atoms with E-state index in [9.17, 15) is 8.42 Å². The smallest absolute Gasteiger partial charge is 0.208 e. The number of nitrogens with zero attached hydrogens (tertiary/aromatic N) is 3. The van der Waals surface area contributed by atoms with Crippen LogP contribution in [0.2, 0.25) is 0 Å². The minimum Gasteiger partial charge on any atom is -0.356 e. The lowest BCUT2D eigenvalue weighted by Crippen LogP contribution is -2.44. The molecule has 0 saturated carbocycles. The Kier molecular flexibility index (Phi) is 4.37. The van der Waals surface area contributed by atoms with Crippen LogP contribution >= 0.6 is 0 Å². The van der Waals surface area contributed by atoms with Gasteiger partial charge in [0.2, 0.25) is 10.0 Å². The standard InChI is InChI=1S/C18H21N5O2S/c1-26(24,25)22-14-7-10-23(11-8-14)17-12-13(6-9-19-17)18-20-15-4-2-3-5-16(15)21-18/h2-6,9,12,14,22H,7-8,10-11H2,1H3,(H,20,21). The highest BCUT2D eigenvalue weighted by molar-refractivity contribution is 7.88. The van der Waals surface area contributed by atoms with Gasteiger partial charge in [0.25, 0.3) is 0 Å². The number of anilines is 1. The van der Waals surface area contributed by atoms with Crippen molar-refractivity contribution in [1.82, 2.24) is 19.7 Å². The Hall–Kier alpha value is -2.45. The van der Waals surface area contributed by atoms with Gasteiger partial charge in [-0.2, -0.15) is 0 Å². The largest absolute Gasteiger partial charge is 0.356 e. The monoisotopic (exact) mass is 371 g/mol. The number of aromatic nitrogens is 3. The quantitative estimate of drug-likeness (QED) is 0.733. The summed E-state index contributed by atoms with van der Waals surface area (Å²) in [7, 11) is -3.16. The summed E-state index contributed by atoms with van der Waals surface area (Å²) < 4.78 is 25.5. The summed E-state index contributed by atoms with van der Waals surface area (Å²) in [6, 6.07) is 11.9. The molecule has 2 aromatic heterocycles. The number of piperidine rings is 1. The Balaban J connectivity index is 1.51. The second-order valence-corrected chi connectivity index (χ2v) is 8.44. The zero-order chi connectivity index (χ0) is 18.1. The normalized spacial score (nSPS) is 16.3. The predicted molar refractivity (Wildman–Crippen MR) is 103 cm³/mol. The van der Waals surface area contributed by atoms with Gasteiger partial charge in [0.1, 0.15) is 11.6 Å². The number of para-hydroxylation sites is 2. The molecule has 1 aliphatic heterocycles. The van der Waals surface area contributed by atoms with Crippen LogP contribution in [0.3, 0.4) is 0 Å². The van der Waals surface area contributed by atoms with E-state index >= 15 is 0 Å². The molecule has 0 bridgehead atoms. The molecule has 1 saturated heterocycles. The maximum Gasteiger partial charge on any atom is 0.208 e. The van der Waals surface area contributed by atoms with Crippen LogP contribution in [0.4, 0.5) is 5.82 Å². The molecule has 1 aromatic carbocycles. The summed E-state index contributed by atoms with van der Waals surface area (Å²) in [5, 5.41) is 0. The molecule has 0 unspecified atom stereocenters. The summed E-state index contributed by atoms with van der Waals surface area (Å²) >= 11 is 0. The molecular formula is C18H21N5O2S. The average Bonchev–Trinajstić information content (AvgIpc) is 3.05. The van der Waals surface area contributed by atoms with Gasteiger partial charge in [0, 0.05) is 30.9 Å². The van der Waals surface area contributed by atoms with E-state index in [1.165, 1.54) is 6.26 Å². The second-order valence-electron chi connectivity index (χ2n) is 6.66. The van der Waals surface area contributed by atoms with Gasteiger partial charge in [-0.15, -0.1) is 0 Å². The van der Waals surface area contributed by atoms with Crippen molar-refractivity contribution >= 4 is 26.9 Å². The van der Waals surface area contributed by atoms with E-state index in [0.29, 0.717) is 0 Å². The van der Waals surface area contributed by atoms with E-state index in [1.54, 1.807) is 6.20 Å². The van der Waals surface area contributed by atoms with Gasteiger partial charge in [-0.05, 0) is 37.1 Å². The number of pyridine rings is 1. The van der Waals surface area contributed by atoms with Gasteiger partial charge in [0.15, 0.2) is 0 Å². The molecule has 2 N–H and O–H groups in total. The Morgan fingerprint density at radius 2 is 1.96 bits per heavy atom. The number of hydrogen-bond acceptors (Lipinski definition) is 5. The number of fused-ring (bicyclic) bond motifs is 1. The lowest BCUT2D eigenvalue weighted by Gasteiger charge is -2.32. The van der Waals surface area contributed by atoms with Crippen molar-refractivity contribution in [2.24, 2.45) is 0 Å². The van der Waals surface area contributed by atoms with Crippen molar-refractivity contribution in [2.75, 3.05) is 24.2 Å². The highest BCUT2D eigenvalue weighted by Gasteiger charge is 2.22. The molecule has 8 heteroatoms. The average molecular weight is 371 g/mol. The highest BCUT2D eigenvalue weighted by atomic mass is 32.2. The number of rotatable bonds is 4. The fourth-order valence-electron chi connectivity index (χ4n) is 3.36. The number of benzene rings is 1. The topological polar surface area (TPSA) is 91.0 Å². The van der Waals surface area contributed by atoms with Crippen molar-refractivity contribution in [1.29, 1.82) is 0 Å². The highest BCUT2D eigenvalue weighted by Crippen LogP contribution is 2.25. The number of hydrogen-bond donors (Lipinski definition) is 2. The van der Waals surface area contributed by atoms with Crippen LogP contribution in [-0.2, 0) is 10.0 Å². The maximum absolute atomic E-state index is 11.4. The molecule has 0 aliphatic carbocycles. The first-order chi connectivity index (χ1) is 12.5. The first-order valence-electron chi connectivity index (χ1n) is 8.61. The van der Waals surface area contributed by atoms with Crippen LogP contribution in [0, 0.1) is 0 Å². The fraction of sp³-hybridized carbons (Fsp3) is 0.333. The minimum absolute atomic E-state index is 0.000180. The molecule has 26 heavy (non-hydrogen) atoms. The molecule has 0 amide bonds. The molecule has 3 aromatic rings. The predicted octanol–water partition coefficient (Wildman–Crippen LogP) is 2.14. The summed E-state index contributed by atoms with van der Waals surface area (Å²) in [4.78, 5) is 14.7. The lowest BCUT2D eigenvalue weighted by atomic mass is 10.1. The summed E-state index contributed by atoms with van der Waals surface area (Å²) in [6.07, 6.45) is 4.53. The van der Waals surface area contributed by atoms with E-state index in [1.807, 2.05) is 36.4 Å². The minimum atomic E-state index is -3.16. The maximum atomic E-state index is 11.4. The molecule has 0 spiro atoms. The third-order valence-electron chi connectivity index (χ3n) is 4.61. The third-order valence-corrected chi connectivity index (χ3v) is 5.37. The molecule has 4 rings (SSSR count). The van der Waals surface area contributed by atoms with Crippen molar-refractivity contribution in [3.63, 3.8) is 0 Å². The van der Waals surface area contributed by atoms with E-state index in [-0.39, 0.29) is 6.04 Å². The number of imidazole rings is 1. The Labute approximate surface area is 152 Å². The van der Waals surface area contributed by atoms with Crippen LogP contribution in [-0.4, -0.2) is 48.8 Å². The summed E-state index contributed by atoms with van der Waals surface area (Å²) in [6.45, 7) is 1.54. The van der Waals surface area contributed by atoms with Gasteiger partial charge in [-0.3, -0.25) is 0 Å². The zero-order valence-corrected chi connectivity index (χ0v) is 15.3. The van der Waals surface area contributed by atoms with E-state index in [2.05, 4.69) is 24.6 Å². The Bertz CT molecular complexity index is 990. The van der Waals surface area contributed by atoms with Crippen molar-refractivity contribution in [3.8, 4) is 11.4 Å². The van der Waals surface area contributed by atoms with Gasteiger partial charge >= 0.3 is 0 Å². The van der Waals surface area contributed by atoms with E-state index in [4.69, 9.17) is 0 Å². The number of H-pyrrole nitrogens is 1. The van der Waals surface area contributed by atoms with Gasteiger partial charge in [0.05, 0.1) is 17.3 Å². The lowest BCUT2D eigenvalue weighted by molar-refractivity contribution is 0.460. The summed E-state index contributed by atoms with van der Waals surface area (Å²) in [5.41, 5.74) is 2.93. The second kappa shape index (κ2) is 6.69. The molecule has 0 radical (unpaired) electrons. The molecule has 1 aliphatic rings. The Morgan fingerprint density at radius 3 is 2.69 bits per heavy atom. The van der Waals surface area contributed by atoms with Gasteiger partial charge in [-0.1, -0.05) is 12.1 Å². The van der Waals surface area contributed by atoms with Crippen LogP contribution in [0.1, 0.15) is 12.8 Å².